The van der Waals surface area contributed by atoms with Gasteiger partial charge in [-0.15, -0.1) is 4.99 Å². The molecule has 4 N–H and O–H groups in total. The number of benzene rings is 2. The van der Waals surface area contributed by atoms with E-state index in [1.165, 1.54) is 0 Å². The Morgan fingerprint density at radius 3 is 2.36 bits per heavy atom. The van der Waals surface area contributed by atoms with Crippen molar-refractivity contribution in [1.29, 1.82) is 0 Å². The lowest BCUT2D eigenvalue weighted by atomic mass is 10.1. The molecule has 0 radical (unpaired) electrons. The Morgan fingerprint density at radius 1 is 0.970 bits per heavy atom. The van der Waals surface area contributed by atoms with Crippen molar-refractivity contribution in [2.75, 3.05) is 36.0 Å². The minimum absolute atomic E-state index is 0.251. The third-order valence-corrected chi connectivity index (χ3v) is 5.48. The molecule has 3 aromatic rings. The van der Waals surface area contributed by atoms with Crippen LogP contribution in [-0.4, -0.2) is 43.2 Å². The van der Waals surface area contributed by atoms with Gasteiger partial charge in [0.2, 0.25) is 0 Å². The molecule has 33 heavy (non-hydrogen) atoms. The zero-order chi connectivity index (χ0) is 23.2. The maximum Gasteiger partial charge on any atom is 0.437 e. The Hall–Kier alpha value is -4.14. The summed E-state index contributed by atoms with van der Waals surface area (Å²) in [5.41, 5.74) is 14.3. The Bertz CT molecular complexity index is 1130. The third-order valence-electron chi connectivity index (χ3n) is 5.48. The number of amides is 1. The second-order valence-electron chi connectivity index (χ2n) is 7.60. The van der Waals surface area contributed by atoms with Crippen molar-refractivity contribution >= 4 is 23.4 Å². The Kier molecular flexibility index (Phi) is 6.68. The fraction of sp³-hybridized carbons (Fsp3) is 0.208. The van der Waals surface area contributed by atoms with Gasteiger partial charge in [-0.05, 0) is 35.4 Å². The number of anilines is 2. The van der Waals surface area contributed by atoms with E-state index >= 15 is 4.39 Å². The monoisotopic (exact) mass is 448 g/mol. The van der Waals surface area contributed by atoms with Gasteiger partial charge in [0.25, 0.3) is 0 Å². The number of piperazine rings is 1. The molecule has 1 saturated heterocycles. The number of aliphatic imine (C=N–C) groups is 1. The van der Waals surface area contributed by atoms with Crippen LogP contribution in [0.25, 0.3) is 11.1 Å². The average Bonchev–Trinajstić information content (AvgIpc) is 2.84. The summed E-state index contributed by atoms with van der Waals surface area (Å²) in [6.45, 7) is 2.60. The lowest BCUT2D eigenvalue weighted by Crippen LogP contribution is -2.46. The molecule has 4 rings (SSSR count). The van der Waals surface area contributed by atoms with Crippen molar-refractivity contribution in [3.63, 3.8) is 0 Å². The summed E-state index contributed by atoms with van der Waals surface area (Å²) in [5, 5.41) is 0. The number of nitrogens with zero attached hydrogens (tertiary/aromatic N) is 4. The predicted molar refractivity (Wildman–Crippen MR) is 126 cm³/mol. The molecular formula is C24H25FN6O2. The summed E-state index contributed by atoms with van der Waals surface area (Å²) in [6, 6.07) is 17.4. The molecule has 1 aromatic heterocycles. The van der Waals surface area contributed by atoms with Crippen LogP contribution < -0.4 is 21.3 Å². The summed E-state index contributed by atoms with van der Waals surface area (Å²) in [6.07, 6.45) is 2.65. The number of carbonyl (C=O) groups excluding carboxylic acids is 1. The van der Waals surface area contributed by atoms with Gasteiger partial charge in [-0.2, -0.15) is 0 Å². The molecule has 0 spiro atoms. The average molecular weight is 449 g/mol. The van der Waals surface area contributed by atoms with E-state index in [9.17, 15) is 4.79 Å². The largest absolute Gasteiger partial charge is 0.443 e. The quantitative estimate of drug-likeness (QED) is 0.456. The Morgan fingerprint density at radius 2 is 1.70 bits per heavy atom. The van der Waals surface area contributed by atoms with Crippen LogP contribution in [0.4, 0.5) is 20.6 Å². The van der Waals surface area contributed by atoms with Crippen LogP contribution in [0.1, 0.15) is 5.56 Å². The lowest BCUT2D eigenvalue weighted by Gasteiger charge is -2.37. The normalized spacial score (nSPS) is 13.5. The van der Waals surface area contributed by atoms with Crippen molar-refractivity contribution in [3.8, 4) is 11.1 Å². The number of nitrogens with two attached hydrogens (primary N) is 2. The van der Waals surface area contributed by atoms with Gasteiger partial charge in [-0.3, -0.25) is 4.98 Å². The van der Waals surface area contributed by atoms with Crippen molar-refractivity contribution in [2.45, 2.75) is 6.61 Å². The molecule has 0 aliphatic carbocycles. The first kappa shape index (κ1) is 22.1. The fourth-order valence-electron chi connectivity index (χ4n) is 3.80. The van der Waals surface area contributed by atoms with Gasteiger partial charge in [0, 0.05) is 49.8 Å². The predicted octanol–water partition coefficient (Wildman–Crippen LogP) is 3.12. The van der Waals surface area contributed by atoms with E-state index in [2.05, 4.69) is 39.1 Å². The highest BCUT2D eigenvalue weighted by Gasteiger charge is 2.21. The summed E-state index contributed by atoms with van der Waals surface area (Å²) < 4.78 is 20.0. The highest BCUT2D eigenvalue weighted by molar-refractivity contribution is 5.87. The minimum atomic E-state index is -0.956. The van der Waals surface area contributed by atoms with Crippen LogP contribution >= 0.6 is 0 Å². The molecule has 1 aliphatic heterocycles. The van der Waals surface area contributed by atoms with Crippen LogP contribution in [0.2, 0.25) is 0 Å². The van der Waals surface area contributed by atoms with E-state index in [1.54, 1.807) is 24.4 Å². The van der Waals surface area contributed by atoms with E-state index in [0.717, 1.165) is 29.9 Å². The highest BCUT2D eigenvalue weighted by Crippen LogP contribution is 2.27. The summed E-state index contributed by atoms with van der Waals surface area (Å²) in [7, 11) is 0. The number of hydrogen-bond acceptors (Lipinski definition) is 5. The topological polar surface area (TPSA) is 110 Å². The number of rotatable bonds is 5. The Labute approximate surface area is 191 Å². The molecule has 1 fully saturated rings. The molecule has 2 aromatic carbocycles. The van der Waals surface area contributed by atoms with Gasteiger partial charge in [0.05, 0.1) is 5.69 Å². The maximum absolute atomic E-state index is 15.1. The SMILES string of the molecule is NC(N)=NC(=O)OCc1cccc(N2CCN(c3ccc(-c4cccnc4)cc3)CC2)c1F. The minimum Gasteiger partial charge on any atom is -0.443 e. The van der Waals surface area contributed by atoms with Crippen LogP contribution in [-0.2, 0) is 11.3 Å². The lowest BCUT2D eigenvalue weighted by molar-refractivity contribution is 0.149. The smallest absolute Gasteiger partial charge is 0.437 e. The number of pyridine rings is 1. The van der Waals surface area contributed by atoms with Crippen molar-refractivity contribution < 1.29 is 13.9 Å². The van der Waals surface area contributed by atoms with Gasteiger partial charge in [-0.1, -0.05) is 30.3 Å². The molecule has 0 atom stereocenters. The van der Waals surface area contributed by atoms with Crippen LogP contribution in [0.5, 0.6) is 0 Å². The fourth-order valence-corrected chi connectivity index (χ4v) is 3.80. The number of aromatic nitrogens is 1. The molecule has 1 aliphatic rings. The van der Waals surface area contributed by atoms with E-state index < -0.39 is 17.9 Å². The molecular weight excluding hydrogens is 423 g/mol. The highest BCUT2D eigenvalue weighted by atomic mass is 19.1. The molecule has 8 nitrogen and oxygen atoms in total. The van der Waals surface area contributed by atoms with Crippen molar-refractivity contribution in [3.05, 3.63) is 78.4 Å². The molecule has 0 unspecified atom stereocenters. The van der Waals surface area contributed by atoms with Gasteiger partial charge in [0.15, 0.2) is 11.8 Å². The molecule has 0 saturated carbocycles. The first-order valence-electron chi connectivity index (χ1n) is 10.6. The first-order valence-corrected chi connectivity index (χ1v) is 10.6. The second kappa shape index (κ2) is 9.99. The van der Waals surface area contributed by atoms with Gasteiger partial charge < -0.3 is 26.0 Å². The van der Waals surface area contributed by atoms with Gasteiger partial charge >= 0.3 is 6.09 Å². The molecule has 170 valence electrons. The van der Waals surface area contributed by atoms with Crippen LogP contribution in [0.15, 0.2) is 72.0 Å². The molecule has 1 amide bonds. The van der Waals surface area contributed by atoms with Crippen molar-refractivity contribution in [2.24, 2.45) is 16.5 Å². The van der Waals surface area contributed by atoms with Crippen LogP contribution in [0.3, 0.4) is 0 Å². The summed E-state index contributed by atoms with van der Waals surface area (Å²) >= 11 is 0. The van der Waals surface area contributed by atoms with E-state index in [-0.39, 0.29) is 12.2 Å². The van der Waals surface area contributed by atoms with Gasteiger partial charge in [-0.25, -0.2) is 9.18 Å². The number of halogens is 1. The zero-order valence-electron chi connectivity index (χ0n) is 18.0. The molecule has 0 bridgehead atoms. The number of carbonyl (C=O) groups is 1. The molecule has 9 heteroatoms. The number of hydrogen-bond donors (Lipinski definition) is 2. The van der Waals surface area contributed by atoms with Crippen LogP contribution in [0, 0.1) is 5.82 Å². The number of guanidine groups is 1. The second-order valence-corrected chi connectivity index (χ2v) is 7.60. The summed E-state index contributed by atoms with van der Waals surface area (Å²) in [4.78, 5) is 23.2. The summed E-state index contributed by atoms with van der Waals surface area (Å²) in [5.74, 6) is -0.817. The van der Waals surface area contributed by atoms with E-state index in [4.69, 9.17) is 16.2 Å². The third kappa shape index (κ3) is 5.38. The zero-order valence-corrected chi connectivity index (χ0v) is 18.0. The van der Waals surface area contributed by atoms with E-state index in [0.29, 0.717) is 18.8 Å². The standard InChI is InChI=1S/C24H25FN6O2/c25-22-19(16-33-24(32)29-23(26)27)3-1-5-21(22)31-13-11-30(12-14-31)20-8-6-17(7-9-20)18-4-2-10-28-15-18/h1-10,15H,11-14,16H2,(H4,26,27,29,32). The van der Waals surface area contributed by atoms with E-state index in [1.807, 2.05) is 23.2 Å². The first-order chi connectivity index (χ1) is 16.0. The van der Waals surface area contributed by atoms with Gasteiger partial charge in [0.1, 0.15) is 6.61 Å². The maximum atomic E-state index is 15.1. The molecule has 2 heterocycles. The number of ether oxygens (including phenoxy) is 1. The van der Waals surface area contributed by atoms with Crippen molar-refractivity contribution in [1.82, 2.24) is 4.98 Å². The Balaban J connectivity index is 1.38.